The maximum Gasteiger partial charge on any atom is 0.318 e. The van der Waals surface area contributed by atoms with E-state index in [2.05, 4.69) is 11.2 Å². The van der Waals surface area contributed by atoms with Gasteiger partial charge in [-0.2, -0.15) is 0 Å². The van der Waals surface area contributed by atoms with Crippen molar-refractivity contribution >= 4 is 12.0 Å². The van der Waals surface area contributed by atoms with Crippen molar-refractivity contribution in [2.45, 2.75) is 38.6 Å². The number of terminal acetylenes is 1. The number of carboxylic acids is 1. The number of urea groups is 1. The molecule has 0 aromatic heterocycles. The summed E-state index contributed by atoms with van der Waals surface area (Å²) in [5.74, 6) is 1.80. The number of hydrogen-bond donors (Lipinski definition) is 2. The Kier molecular flexibility index (Phi) is 5.50. The van der Waals surface area contributed by atoms with E-state index >= 15 is 0 Å². The smallest absolute Gasteiger partial charge is 0.318 e. The van der Waals surface area contributed by atoms with Gasteiger partial charge in [0.2, 0.25) is 0 Å². The fourth-order valence-corrected chi connectivity index (χ4v) is 2.16. The van der Waals surface area contributed by atoms with E-state index in [-0.39, 0.29) is 24.4 Å². The highest BCUT2D eigenvalue weighted by atomic mass is 16.4. The van der Waals surface area contributed by atoms with Gasteiger partial charge in [-0.25, -0.2) is 4.79 Å². The Morgan fingerprint density at radius 1 is 1.61 bits per heavy atom. The molecule has 0 spiro atoms. The largest absolute Gasteiger partial charge is 0.481 e. The lowest BCUT2D eigenvalue weighted by molar-refractivity contribution is -0.138. The van der Waals surface area contributed by atoms with Gasteiger partial charge in [-0.1, -0.05) is 19.3 Å². The zero-order chi connectivity index (χ0) is 13.5. The van der Waals surface area contributed by atoms with Crippen LogP contribution in [-0.4, -0.2) is 41.1 Å². The second kappa shape index (κ2) is 6.90. The van der Waals surface area contributed by atoms with Crippen LogP contribution in [0.4, 0.5) is 4.79 Å². The van der Waals surface area contributed by atoms with Crippen molar-refractivity contribution in [3.63, 3.8) is 0 Å². The Labute approximate surface area is 108 Å². The first-order chi connectivity index (χ1) is 8.56. The van der Waals surface area contributed by atoms with Crippen molar-refractivity contribution in [1.29, 1.82) is 0 Å². The topological polar surface area (TPSA) is 69.6 Å². The molecule has 2 atom stereocenters. The Morgan fingerprint density at radius 2 is 2.33 bits per heavy atom. The van der Waals surface area contributed by atoms with Gasteiger partial charge >= 0.3 is 12.0 Å². The monoisotopic (exact) mass is 252 g/mol. The molecule has 2 N–H and O–H groups in total. The molecule has 1 fully saturated rings. The maximum atomic E-state index is 11.9. The molecule has 0 bridgehead atoms. The standard InChI is InChI=1S/C13H20N2O3/c1-3-5-11(4-2)14-13(18)15-7-6-10(9-15)8-12(16)17/h2,10-11H,3,5-9H2,1H3,(H,14,18)(H,16,17). The summed E-state index contributed by atoms with van der Waals surface area (Å²) in [7, 11) is 0. The first-order valence-corrected chi connectivity index (χ1v) is 6.30. The van der Waals surface area contributed by atoms with Crippen LogP contribution in [-0.2, 0) is 4.79 Å². The maximum absolute atomic E-state index is 11.9. The minimum atomic E-state index is -0.810. The van der Waals surface area contributed by atoms with Crippen molar-refractivity contribution in [3.8, 4) is 12.3 Å². The Morgan fingerprint density at radius 3 is 2.89 bits per heavy atom. The first-order valence-electron chi connectivity index (χ1n) is 6.30. The quantitative estimate of drug-likeness (QED) is 0.724. The van der Waals surface area contributed by atoms with Crippen molar-refractivity contribution in [2.75, 3.05) is 13.1 Å². The second-order valence-electron chi connectivity index (χ2n) is 4.66. The SMILES string of the molecule is C#CC(CCC)NC(=O)N1CCC(CC(=O)O)C1. The van der Waals surface area contributed by atoms with Crippen LogP contribution < -0.4 is 5.32 Å². The molecule has 2 unspecified atom stereocenters. The van der Waals surface area contributed by atoms with Crippen LogP contribution in [0.3, 0.4) is 0 Å². The predicted octanol–water partition coefficient (Wildman–Crippen LogP) is 1.29. The van der Waals surface area contributed by atoms with E-state index in [4.69, 9.17) is 11.5 Å². The molecule has 0 saturated carbocycles. The Hall–Kier alpha value is -1.70. The number of nitrogens with one attached hydrogen (secondary N) is 1. The number of carbonyl (C=O) groups is 2. The molecular weight excluding hydrogens is 232 g/mol. The summed E-state index contributed by atoms with van der Waals surface area (Å²) >= 11 is 0. The number of carboxylic acid groups (broad SMARTS) is 1. The molecule has 18 heavy (non-hydrogen) atoms. The third-order valence-corrected chi connectivity index (χ3v) is 3.11. The van der Waals surface area contributed by atoms with Crippen molar-refractivity contribution < 1.29 is 14.7 Å². The molecule has 0 aromatic carbocycles. The number of carbonyl (C=O) groups excluding carboxylic acids is 1. The van der Waals surface area contributed by atoms with E-state index in [1.165, 1.54) is 0 Å². The summed E-state index contributed by atoms with van der Waals surface area (Å²) in [5.41, 5.74) is 0. The molecule has 5 nitrogen and oxygen atoms in total. The summed E-state index contributed by atoms with van der Waals surface area (Å²) in [5, 5.41) is 11.5. The molecule has 1 rings (SSSR count). The average molecular weight is 252 g/mol. The molecule has 1 aliphatic heterocycles. The molecule has 100 valence electrons. The van der Waals surface area contributed by atoms with Crippen LogP contribution in [0.25, 0.3) is 0 Å². The molecule has 1 saturated heterocycles. The number of amides is 2. The van der Waals surface area contributed by atoms with E-state index in [1.54, 1.807) is 4.90 Å². The van der Waals surface area contributed by atoms with Crippen LogP contribution in [0.1, 0.15) is 32.6 Å². The predicted molar refractivity (Wildman–Crippen MR) is 68.0 cm³/mol. The Balaban J connectivity index is 2.40. The summed E-state index contributed by atoms with van der Waals surface area (Å²) in [6.07, 6.45) is 7.88. The molecule has 0 aromatic rings. The molecular formula is C13H20N2O3. The minimum Gasteiger partial charge on any atom is -0.481 e. The summed E-state index contributed by atoms with van der Waals surface area (Å²) in [6.45, 7) is 3.12. The highest BCUT2D eigenvalue weighted by Gasteiger charge is 2.28. The van der Waals surface area contributed by atoms with Crippen LogP contribution in [0.15, 0.2) is 0 Å². The van der Waals surface area contributed by atoms with Gasteiger partial charge in [0, 0.05) is 19.5 Å². The molecule has 5 heteroatoms. The number of likely N-dealkylation sites (tertiary alicyclic amines) is 1. The lowest BCUT2D eigenvalue weighted by Crippen LogP contribution is -2.43. The zero-order valence-corrected chi connectivity index (χ0v) is 10.7. The lowest BCUT2D eigenvalue weighted by Gasteiger charge is -2.20. The summed E-state index contributed by atoms with van der Waals surface area (Å²) in [6, 6.07) is -0.416. The van der Waals surface area contributed by atoms with Crippen molar-refractivity contribution in [1.82, 2.24) is 10.2 Å². The molecule has 2 amide bonds. The lowest BCUT2D eigenvalue weighted by atomic mass is 10.1. The van der Waals surface area contributed by atoms with Gasteiger partial charge in [-0.15, -0.1) is 6.42 Å². The number of rotatable bonds is 5. The normalized spacial score (nSPS) is 20.2. The molecule has 1 aliphatic rings. The summed E-state index contributed by atoms with van der Waals surface area (Å²) in [4.78, 5) is 24.1. The molecule has 0 radical (unpaired) electrons. The van der Waals surface area contributed by atoms with Gasteiger partial charge in [-0.05, 0) is 18.8 Å². The Bertz CT molecular complexity index is 349. The van der Waals surface area contributed by atoms with Gasteiger partial charge < -0.3 is 15.3 Å². The number of aliphatic carboxylic acids is 1. The highest BCUT2D eigenvalue weighted by Crippen LogP contribution is 2.19. The summed E-state index contributed by atoms with van der Waals surface area (Å²) < 4.78 is 0. The van der Waals surface area contributed by atoms with Crippen molar-refractivity contribution in [3.05, 3.63) is 0 Å². The average Bonchev–Trinajstić information content (AvgIpc) is 2.76. The second-order valence-corrected chi connectivity index (χ2v) is 4.66. The van der Waals surface area contributed by atoms with Crippen molar-refractivity contribution in [2.24, 2.45) is 5.92 Å². The first kappa shape index (κ1) is 14.4. The van der Waals surface area contributed by atoms with E-state index in [1.807, 2.05) is 6.92 Å². The van der Waals surface area contributed by atoms with Gasteiger partial charge in [0.15, 0.2) is 0 Å². The van der Waals surface area contributed by atoms with E-state index in [9.17, 15) is 9.59 Å². The third kappa shape index (κ3) is 4.28. The van der Waals surface area contributed by atoms with Crippen LogP contribution >= 0.6 is 0 Å². The van der Waals surface area contributed by atoms with E-state index in [0.29, 0.717) is 13.1 Å². The fraction of sp³-hybridized carbons (Fsp3) is 0.692. The molecule has 0 aliphatic carbocycles. The zero-order valence-electron chi connectivity index (χ0n) is 10.7. The van der Waals surface area contributed by atoms with Gasteiger partial charge in [0.1, 0.15) is 0 Å². The van der Waals surface area contributed by atoms with Crippen LogP contribution in [0, 0.1) is 18.3 Å². The fourth-order valence-electron chi connectivity index (χ4n) is 2.16. The van der Waals surface area contributed by atoms with Crippen LogP contribution in [0.2, 0.25) is 0 Å². The van der Waals surface area contributed by atoms with E-state index in [0.717, 1.165) is 19.3 Å². The third-order valence-electron chi connectivity index (χ3n) is 3.11. The van der Waals surface area contributed by atoms with Gasteiger partial charge in [0.25, 0.3) is 0 Å². The number of hydrogen-bond acceptors (Lipinski definition) is 2. The van der Waals surface area contributed by atoms with Gasteiger partial charge in [-0.3, -0.25) is 4.79 Å². The van der Waals surface area contributed by atoms with E-state index < -0.39 is 5.97 Å². The number of nitrogens with zero attached hydrogens (tertiary/aromatic N) is 1. The minimum absolute atomic E-state index is 0.0590. The van der Waals surface area contributed by atoms with Crippen LogP contribution in [0.5, 0.6) is 0 Å². The molecule has 1 heterocycles. The van der Waals surface area contributed by atoms with Gasteiger partial charge in [0.05, 0.1) is 6.04 Å². The highest BCUT2D eigenvalue weighted by molar-refractivity contribution is 5.75.